The molecule has 0 aromatic heterocycles. The Morgan fingerprint density at radius 3 is 2.94 bits per heavy atom. The van der Waals surface area contributed by atoms with Gasteiger partial charge in [-0.2, -0.15) is 0 Å². The molecule has 4 heteroatoms. The van der Waals surface area contributed by atoms with Crippen LogP contribution in [0.15, 0.2) is 0 Å². The van der Waals surface area contributed by atoms with Crippen molar-refractivity contribution in [3.05, 3.63) is 0 Å². The van der Waals surface area contributed by atoms with Gasteiger partial charge in [-0.1, -0.05) is 13.3 Å². The molecule has 0 saturated carbocycles. The lowest BCUT2D eigenvalue weighted by molar-refractivity contribution is 0.00217. The number of β-amino-alcohol motifs (C(OH)–C–C–N with tert-alkyl or cyclic N) is 1. The van der Waals surface area contributed by atoms with Gasteiger partial charge < -0.3 is 15.6 Å². The van der Waals surface area contributed by atoms with E-state index < -0.39 is 0 Å². The van der Waals surface area contributed by atoms with Gasteiger partial charge in [0.05, 0.1) is 12.7 Å². The second-order valence-corrected chi connectivity index (χ2v) is 5.21. The van der Waals surface area contributed by atoms with E-state index in [1.54, 1.807) is 0 Å². The molecule has 3 unspecified atom stereocenters. The van der Waals surface area contributed by atoms with Crippen LogP contribution in [-0.4, -0.2) is 54.5 Å². The minimum absolute atomic E-state index is 0.333. The van der Waals surface area contributed by atoms with E-state index in [2.05, 4.69) is 18.7 Å². The fraction of sp³-hybridized carbons (Fsp3) is 1.00. The number of hydrogen-bond acceptors (Lipinski definition) is 4. The zero-order chi connectivity index (χ0) is 12.7. The smallest absolute Gasteiger partial charge is 0.0900 e. The van der Waals surface area contributed by atoms with E-state index in [0.717, 1.165) is 38.8 Å². The number of rotatable bonds is 7. The van der Waals surface area contributed by atoms with Crippen LogP contribution >= 0.6 is 0 Å². The number of nitrogens with zero attached hydrogens (tertiary/aromatic N) is 1. The predicted molar refractivity (Wildman–Crippen MR) is 70.0 cm³/mol. The average molecular weight is 244 g/mol. The van der Waals surface area contributed by atoms with Gasteiger partial charge in [0, 0.05) is 25.2 Å². The normalized spacial score (nSPS) is 28.2. The number of aliphatic hydroxyl groups is 1. The van der Waals surface area contributed by atoms with E-state index in [9.17, 15) is 5.11 Å². The van der Waals surface area contributed by atoms with Crippen LogP contribution in [0.1, 0.15) is 39.5 Å². The number of nitrogens with two attached hydrogens (primary N) is 1. The molecule has 1 heterocycles. The summed E-state index contributed by atoms with van der Waals surface area (Å²) in [5.74, 6) is 0. The lowest BCUT2D eigenvalue weighted by Crippen LogP contribution is -2.48. The van der Waals surface area contributed by atoms with E-state index in [4.69, 9.17) is 10.5 Å². The second kappa shape index (κ2) is 8.03. The summed E-state index contributed by atoms with van der Waals surface area (Å²) in [5, 5.41) is 9.89. The lowest BCUT2D eigenvalue weighted by Gasteiger charge is -2.37. The van der Waals surface area contributed by atoms with Gasteiger partial charge >= 0.3 is 0 Å². The van der Waals surface area contributed by atoms with Crippen molar-refractivity contribution in [2.45, 2.75) is 57.7 Å². The molecule has 1 aliphatic rings. The number of likely N-dealkylation sites (tertiary alicyclic amines) is 1. The zero-order valence-electron chi connectivity index (χ0n) is 11.3. The third-order valence-corrected chi connectivity index (χ3v) is 3.45. The third kappa shape index (κ3) is 5.82. The van der Waals surface area contributed by atoms with Crippen molar-refractivity contribution in [2.75, 3.05) is 26.3 Å². The first kappa shape index (κ1) is 14.9. The van der Waals surface area contributed by atoms with Crippen molar-refractivity contribution in [3.8, 4) is 0 Å². The topological polar surface area (TPSA) is 58.7 Å². The Labute approximate surface area is 105 Å². The van der Waals surface area contributed by atoms with E-state index in [-0.39, 0.29) is 6.10 Å². The van der Waals surface area contributed by atoms with Crippen molar-refractivity contribution < 1.29 is 9.84 Å². The molecule has 1 fully saturated rings. The molecule has 0 aromatic rings. The van der Waals surface area contributed by atoms with Gasteiger partial charge in [-0.05, 0) is 32.7 Å². The van der Waals surface area contributed by atoms with Gasteiger partial charge in [0.15, 0.2) is 0 Å². The molecule has 0 bridgehead atoms. The van der Waals surface area contributed by atoms with Crippen molar-refractivity contribution in [1.82, 2.24) is 4.90 Å². The first-order valence-corrected chi connectivity index (χ1v) is 6.89. The van der Waals surface area contributed by atoms with Gasteiger partial charge in [0.25, 0.3) is 0 Å². The molecule has 3 N–H and O–H groups in total. The van der Waals surface area contributed by atoms with Crippen LogP contribution in [0.5, 0.6) is 0 Å². The quantitative estimate of drug-likeness (QED) is 0.655. The maximum atomic E-state index is 9.89. The Balaban J connectivity index is 2.14. The highest BCUT2D eigenvalue weighted by atomic mass is 16.5. The molecular weight excluding hydrogens is 216 g/mol. The number of ether oxygens (including phenoxy) is 1. The summed E-state index contributed by atoms with van der Waals surface area (Å²) in [6.07, 6.45) is 3.90. The van der Waals surface area contributed by atoms with Gasteiger partial charge in [-0.25, -0.2) is 0 Å². The molecule has 102 valence electrons. The fourth-order valence-electron chi connectivity index (χ4n) is 2.32. The molecular formula is C13H28N2O2. The van der Waals surface area contributed by atoms with Crippen LogP contribution in [0.2, 0.25) is 0 Å². The molecule has 0 aliphatic carbocycles. The van der Waals surface area contributed by atoms with Gasteiger partial charge in [-0.15, -0.1) is 0 Å². The van der Waals surface area contributed by atoms with Gasteiger partial charge in [0.2, 0.25) is 0 Å². The van der Waals surface area contributed by atoms with Crippen molar-refractivity contribution in [3.63, 3.8) is 0 Å². The minimum Gasteiger partial charge on any atom is -0.389 e. The number of aliphatic hydroxyl groups excluding tert-OH is 1. The number of unbranched alkanes of at least 4 members (excludes halogenated alkanes) is 1. The summed E-state index contributed by atoms with van der Waals surface area (Å²) in [6, 6.07) is 0.809. The van der Waals surface area contributed by atoms with Crippen molar-refractivity contribution in [1.29, 1.82) is 0 Å². The Kier molecular flexibility index (Phi) is 7.04. The van der Waals surface area contributed by atoms with Crippen molar-refractivity contribution in [2.24, 2.45) is 5.73 Å². The Morgan fingerprint density at radius 2 is 2.29 bits per heavy atom. The van der Waals surface area contributed by atoms with E-state index in [0.29, 0.717) is 25.2 Å². The maximum absolute atomic E-state index is 9.89. The molecule has 0 spiro atoms. The predicted octanol–water partition coefficient (Wildman–Crippen LogP) is 0.976. The number of hydrogen-bond donors (Lipinski definition) is 2. The molecule has 0 aromatic carbocycles. The Bertz CT molecular complexity index is 202. The minimum atomic E-state index is -0.372. The fourth-order valence-corrected chi connectivity index (χ4v) is 2.32. The van der Waals surface area contributed by atoms with E-state index in [1.165, 1.54) is 0 Å². The first-order chi connectivity index (χ1) is 8.13. The molecule has 0 amide bonds. The van der Waals surface area contributed by atoms with Gasteiger partial charge in [0.1, 0.15) is 0 Å². The van der Waals surface area contributed by atoms with Crippen LogP contribution in [0.25, 0.3) is 0 Å². The van der Waals surface area contributed by atoms with E-state index >= 15 is 0 Å². The Morgan fingerprint density at radius 1 is 1.53 bits per heavy atom. The summed E-state index contributed by atoms with van der Waals surface area (Å²) in [5.41, 5.74) is 5.92. The molecule has 3 atom stereocenters. The SMILES string of the molecule is CCCCOCC(O)CN1CCC(N)CC1C. The van der Waals surface area contributed by atoms with Crippen molar-refractivity contribution >= 4 is 0 Å². The van der Waals surface area contributed by atoms with Gasteiger partial charge in [-0.3, -0.25) is 4.90 Å². The average Bonchev–Trinajstić information content (AvgIpc) is 2.28. The number of piperidine rings is 1. The second-order valence-electron chi connectivity index (χ2n) is 5.21. The standard InChI is InChI=1S/C13H28N2O2/c1-3-4-7-17-10-13(16)9-15-6-5-12(14)8-11(15)2/h11-13,16H,3-10,14H2,1-2H3. The summed E-state index contributed by atoms with van der Waals surface area (Å²) in [6.45, 7) is 7.24. The highest BCUT2D eigenvalue weighted by Gasteiger charge is 2.24. The largest absolute Gasteiger partial charge is 0.389 e. The maximum Gasteiger partial charge on any atom is 0.0900 e. The molecule has 17 heavy (non-hydrogen) atoms. The summed E-state index contributed by atoms with van der Waals surface area (Å²) in [7, 11) is 0. The molecule has 1 rings (SSSR count). The lowest BCUT2D eigenvalue weighted by atomic mass is 9.99. The zero-order valence-corrected chi connectivity index (χ0v) is 11.3. The summed E-state index contributed by atoms with van der Waals surface area (Å²) in [4.78, 5) is 2.32. The van der Waals surface area contributed by atoms with E-state index in [1.807, 2.05) is 0 Å². The Hall–Kier alpha value is -0.160. The highest BCUT2D eigenvalue weighted by Crippen LogP contribution is 2.15. The molecule has 1 aliphatic heterocycles. The highest BCUT2D eigenvalue weighted by molar-refractivity contribution is 4.81. The first-order valence-electron chi connectivity index (χ1n) is 6.89. The van der Waals surface area contributed by atoms with Crippen LogP contribution < -0.4 is 5.73 Å². The monoisotopic (exact) mass is 244 g/mol. The third-order valence-electron chi connectivity index (χ3n) is 3.45. The van der Waals surface area contributed by atoms with Crippen LogP contribution in [0.4, 0.5) is 0 Å². The molecule has 0 radical (unpaired) electrons. The molecule has 4 nitrogen and oxygen atoms in total. The summed E-state index contributed by atoms with van der Waals surface area (Å²) < 4.78 is 5.43. The van der Waals surface area contributed by atoms with Crippen LogP contribution in [0.3, 0.4) is 0 Å². The van der Waals surface area contributed by atoms with Crippen LogP contribution in [-0.2, 0) is 4.74 Å². The molecule has 1 saturated heterocycles. The summed E-state index contributed by atoms with van der Waals surface area (Å²) >= 11 is 0. The van der Waals surface area contributed by atoms with Crippen LogP contribution in [0, 0.1) is 0 Å².